The lowest BCUT2D eigenvalue weighted by Gasteiger charge is -2.20. The van der Waals surface area contributed by atoms with Crippen LogP contribution in [0.3, 0.4) is 0 Å². The fourth-order valence-electron chi connectivity index (χ4n) is 1.17. The van der Waals surface area contributed by atoms with Crippen LogP contribution in [-0.2, 0) is 0 Å². The predicted octanol–water partition coefficient (Wildman–Crippen LogP) is 3.96. The lowest BCUT2D eigenvalue weighted by Crippen LogP contribution is -2.14. The molecule has 0 N–H and O–H groups in total. The highest BCUT2D eigenvalue weighted by molar-refractivity contribution is 9.09. The summed E-state index contributed by atoms with van der Waals surface area (Å²) >= 11 is 15.7. The lowest BCUT2D eigenvalue weighted by atomic mass is 10.2. The number of rotatable bonds is 3. The molecule has 0 spiro atoms. The minimum absolute atomic E-state index is 0.0356. The molecule has 0 aliphatic rings. The fourth-order valence-corrected chi connectivity index (χ4v) is 2.19. The van der Waals surface area contributed by atoms with Crippen LogP contribution in [0.15, 0.2) is 12.1 Å². The van der Waals surface area contributed by atoms with Gasteiger partial charge in [0, 0.05) is 5.56 Å². The van der Waals surface area contributed by atoms with Crippen molar-refractivity contribution < 1.29 is 4.74 Å². The van der Waals surface area contributed by atoms with E-state index in [2.05, 4.69) is 15.9 Å². The minimum atomic E-state index is 0.0356. The Labute approximate surface area is 108 Å². The van der Waals surface area contributed by atoms with Gasteiger partial charge in [0.25, 0.3) is 0 Å². The molecular weight excluding hydrogens is 301 g/mol. The van der Waals surface area contributed by atoms with Crippen LogP contribution >= 0.6 is 39.1 Å². The third kappa shape index (κ3) is 2.78. The Bertz CT molecular complexity index is 358. The molecule has 0 saturated heterocycles. The van der Waals surface area contributed by atoms with Crippen LogP contribution in [0.5, 0.6) is 5.75 Å². The van der Waals surface area contributed by atoms with Gasteiger partial charge in [-0.3, -0.25) is 4.90 Å². The van der Waals surface area contributed by atoms with Gasteiger partial charge in [-0.25, -0.2) is 0 Å². The fraction of sp³-hybridized carbons (Fsp3) is 0.400. The maximum Gasteiger partial charge on any atom is 0.139 e. The summed E-state index contributed by atoms with van der Waals surface area (Å²) in [5.74, 6) is 0.587. The number of nitrogens with zero attached hydrogens (tertiary/aromatic N) is 1. The van der Waals surface area contributed by atoms with Crippen molar-refractivity contribution in [2.24, 2.45) is 0 Å². The van der Waals surface area contributed by atoms with Gasteiger partial charge in [0.1, 0.15) is 10.8 Å². The first-order valence-corrected chi connectivity index (χ1v) is 5.98. The average Bonchev–Trinajstić information content (AvgIpc) is 2.21. The van der Waals surface area contributed by atoms with E-state index in [0.29, 0.717) is 15.8 Å². The summed E-state index contributed by atoms with van der Waals surface area (Å²) in [6.07, 6.45) is 0. The van der Waals surface area contributed by atoms with Crippen molar-refractivity contribution in [3.05, 3.63) is 27.7 Å². The van der Waals surface area contributed by atoms with Crippen molar-refractivity contribution in [2.75, 3.05) is 21.2 Å². The third-order valence-corrected chi connectivity index (χ3v) is 4.20. The Morgan fingerprint density at radius 3 is 2.33 bits per heavy atom. The van der Waals surface area contributed by atoms with Crippen molar-refractivity contribution in [3.63, 3.8) is 0 Å². The molecule has 1 unspecified atom stereocenters. The summed E-state index contributed by atoms with van der Waals surface area (Å²) in [6.45, 7) is 0. The number of hydrogen-bond acceptors (Lipinski definition) is 2. The van der Waals surface area contributed by atoms with E-state index in [-0.39, 0.29) is 4.95 Å². The van der Waals surface area contributed by atoms with Crippen LogP contribution in [0.2, 0.25) is 10.0 Å². The van der Waals surface area contributed by atoms with Gasteiger partial charge in [-0.05, 0) is 20.2 Å². The van der Waals surface area contributed by atoms with Crippen LogP contribution in [0.25, 0.3) is 0 Å². The van der Waals surface area contributed by atoms with E-state index in [1.54, 1.807) is 13.2 Å². The normalized spacial score (nSPS) is 13.0. The highest BCUT2D eigenvalue weighted by atomic mass is 79.9. The average molecular weight is 313 g/mol. The molecule has 5 heteroatoms. The molecule has 0 heterocycles. The zero-order valence-corrected chi connectivity index (χ0v) is 11.8. The zero-order valence-electron chi connectivity index (χ0n) is 8.72. The van der Waals surface area contributed by atoms with Gasteiger partial charge in [-0.1, -0.05) is 45.2 Å². The SMILES string of the molecule is COc1ccc(C(Br)N(C)C)c(Cl)c1Cl. The summed E-state index contributed by atoms with van der Waals surface area (Å²) in [6, 6.07) is 3.70. The zero-order chi connectivity index (χ0) is 11.6. The first-order valence-electron chi connectivity index (χ1n) is 4.31. The molecule has 0 radical (unpaired) electrons. The first kappa shape index (κ1) is 13.1. The van der Waals surface area contributed by atoms with Crippen LogP contribution in [0.1, 0.15) is 10.5 Å². The number of hydrogen-bond donors (Lipinski definition) is 0. The minimum Gasteiger partial charge on any atom is -0.495 e. The summed E-state index contributed by atoms with van der Waals surface area (Å²) in [5.41, 5.74) is 0.924. The van der Waals surface area contributed by atoms with E-state index in [1.165, 1.54) is 0 Å². The summed E-state index contributed by atoms with van der Waals surface area (Å²) in [5, 5.41) is 0.967. The number of benzene rings is 1. The molecule has 0 saturated carbocycles. The third-order valence-electron chi connectivity index (χ3n) is 2.01. The molecule has 2 nitrogen and oxygen atoms in total. The molecule has 1 rings (SSSR count). The quantitative estimate of drug-likeness (QED) is 0.619. The second-order valence-corrected chi connectivity index (χ2v) is 4.91. The lowest BCUT2D eigenvalue weighted by molar-refractivity contribution is 0.396. The van der Waals surface area contributed by atoms with E-state index in [4.69, 9.17) is 27.9 Å². The van der Waals surface area contributed by atoms with Gasteiger partial charge in [-0.2, -0.15) is 0 Å². The van der Waals surface area contributed by atoms with Gasteiger partial charge < -0.3 is 4.74 Å². The Morgan fingerprint density at radius 2 is 1.87 bits per heavy atom. The highest BCUT2D eigenvalue weighted by Crippen LogP contribution is 2.39. The van der Waals surface area contributed by atoms with Crippen LogP contribution < -0.4 is 4.74 Å². The van der Waals surface area contributed by atoms with Crippen molar-refractivity contribution in [2.45, 2.75) is 4.95 Å². The second-order valence-electron chi connectivity index (χ2n) is 3.28. The molecule has 0 bridgehead atoms. The van der Waals surface area contributed by atoms with Crippen LogP contribution in [0, 0.1) is 0 Å². The second kappa shape index (κ2) is 5.39. The Hall–Kier alpha value is 0.0400. The molecular formula is C10H12BrCl2NO. The molecule has 1 atom stereocenters. The van der Waals surface area contributed by atoms with E-state index in [1.807, 2.05) is 25.1 Å². The highest BCUT2D eigenvalue weighted by Gasteiger charge is 2.17. The van der Waals surface area contributed by atoms with Crippen molar-refractivity contribution in [1.29, 1.82) is 0 Å². The molecule has 84 valence electrons. The van der Waals surface area contributed by atoms with Crippen molar-refractivity contribution in [1.82, 2.24) is 4.90 Å². The molecule has 0 fully saturated rings. The maximum atomic E-state index is 6.15. The monoisotopic (exact) mass is 311 g/mol. The van der Waals surface area contributed by atoms with Gasteiger partial charge in [-0.15, -0.1) is 0 Å². The van der Waals surface area contributed by atoms with Gasteiger partial charge in [0.05, 0.1) is 17.1 Å². The summed E-state index contributed by atoms with van der Waals surface area (Å²) in [4.78, 5) is 2.03. The molecule has 1 aromatic rings. The number of ether oxygens (including phenoxy) is 1. The first-order chi connectivity index (χ1) is 6.99. The Morgan fingerprint density at radius 1 is 1.27 bits per heavy atom. The smallest absolute Gasteiger partial charge is 0.139 e. The molecule has 0 aromatic heterocycles. The topological polar surface area (TPSA) is 12.5 Å². The van der Waals surface area contributed by atoms with E-state index < -0.39 is 0 Å². The molecule has 0 aliphatic carbocycles. The van der Waals surface area contributed by atoms with E-state index in [0.717, 1.165) is 5.56 Å². The molecule has 15 heavy (non-hydrogen) atoms. The predicted molar refractivity (Wildman–Crippen MR) is 68.4 cm³/mol. The van der Waals surface area contributed by atoms with E-state index in [9.17, 15) is 0 Å². The number of methoxy groups -OCH3 is 1. The van der Waals surface area contributed by atoms with Gasteiger partial charge >= 0.3 is 0 Å². The van der Waals surface area contributed by atoms with Crippen molar-refractivity contribution >= 4 is 39.1 Å². The van der Waals surface area contributed by atoms with Crippen molar-refractivity contribution in [3.8, 4) is 5.75 Å². The number of halogens is 3. The molecule has 0 aliphatic heterocycles. The van der Waals surface area contributed by atoms with Gasteiger partial charge in [0.15, 0.2) is 0 Å². The molecule has 1 aromatic carbocycles. The van der Waals surface area contributed by atoms with E-state index >= 15 is 0 Å². The van der Waals surface area contributed by atoms with Gasteiger partial charge in [0.2, 0.25) is 0 Å². The Balaban J connectivity index is 3.17. The largest absolute Gasteiger partial charge is 0.495 e. The van der Waals surface area contributed by atoms with Crippen LogP contribution in [0.4, 0.5) is 0 Å². The standard InChI is InChI=1S/C10H12BrCl2NO/c1-14(2)10(11)6-4-5-7(15-3)9(13)8(6)12/h4-5,10H,1-3H3. The number of alkyl halides is 1. The maximum absolute atomic E-state index is 6.15. The summed E-state index contributed by atoms with van der Waals surface area (Å²) in [7, 11) is 5.47. The Kier molecular flexibility index (Phi) is 4.71. The summed E-state index contributed by atoms with van der Waals surface area (Å²) < 4.78 is 5.08. The molecule has 0 amide bonds. The van der Waals surface area contributed by atoms with Crippen LogP contribution in [-0.4, -0.2) is 26.1 Å².